The lowest BCUT2D eigenvalue weighted by atomic mass is 10.4. The zero-order valence-corrected chi connectivity index (χ0v) is 11.3. The summed E-state index contributed by atoms with van der Waals surface area (Å²) in [6, 6.07) is 9.67. The summed E-state index contributed by atoms with van der Waals surface area (Å²) in [6.07, 6.45) is 1.10. The van der Waals surface area contributed by atoms with Crippen LogP contribution in [0.3, 0.4) is 0 Å². The molecule has 0 radical (unpaired) electrons. The van der Waals surface area contributed by atoms with E-state index >= 15 is 0 Å². The number of pyridine rings is 1. The molecule has 0 fully saturated rings. The maximum absolute atomic E-state index is 12.1. The van der Waals surface area contributed by atoms with E-state index in [-0.39, 0.29) is 5.69 Å². The van der Waals surface area contributed by atoms with Crippen molar-refractivity contribution in [2.75, 3.05) is 0 Å². The summed E-state index contributed by atoms with van der Waals surface area (Å²) < 4.78 is 13.0. The smallest absolute Gasteiger partial charge is 0.258 e. The van der Waals surface area contributed by atoms with Crippen molar-refractivity contribution in [3.05, 3.63) is 57.2 Å². The van der Waals surface area contributed by atoms with Gasteiger partial charge in [0.25, 0.3) is 5.69 Å². The minimum atomic E-state index is -1.43. The molecule has 2 rings (SSSR count). The molecule has 0 aliphatic rings. The Morgan fingerprint density at radius 1 is 1.17 bits per heavy atom. The van der Waals surface area contributed by atoms with Gasteiger partial charge < -0.3 is 0 Å². The fourth-order valence-electron chi connectivity index (χ4n) is 1.27. The Balaban J connectivity index is 2.28. The molecule has 0 saturated carbocycles. The Labute approximate surface area is 114 Å². The molecule has 18 heavy (non-hydrogen) atoms. The minimum absolute atomic E-state index is 0.119. The second-order valence-electron chi connectivity index (χ2n) is 3.33. The highest BCUT2D eigenvalue weighted by Gasteiger charge is 2.11. The van der Waals surface area contributed by atoms with Crippen LogP contribution in [0.4, 0.5) is 5.69 Å². The van der Waals surface area contributed by atoms with Crippen LogP contribution in [0, 0.1) is 10.1 Å². The number of nitro groups is 1. The Hall–Kier alpha value is -1.60. The zero-order chi connectivity index (χ0) is 13.1. The van der Waals surface area contributed by atoms with Gasteiger partial charge >= 0.3 is 0 Å². The largest absolute Gasteiger partial charge is 0.287 e. The molecule has 0 spiro atoms. The molecule has 1 unspecified atom stereocenters. The van der Waals surface area contributed by atoms with E-state index < -0.39 is 15.7 Å². The highest BCUT2D eigenvalue weighted by molar-refractivity contribution is 9.10. The molecule has 0 N–H and O–H groups in total. The molecule has 0 bridgehead atoms. The van der Waals surface area contributed by atoms with Crippen LogP contribution in [0.25, 0.3) is 0 Å². The van der Waals surface area contributed by atoms with E-state index in [1.54, 1.807) is 24.3 Å². The summed E-state index contributed by atoms with van der Waals surface area (Å²) in [7, 11) is -1.43. The van der Waals surface area contributed by atoms with Crippen LogP contribution in [0.1, 0.15) is 0 Å². The first-order valence-electron chi connectivity index (χ1n) is 4.86. The molecular formula is C11H7BrN2O3S. The molecule has 1 heterocycles. The molecule has 0 saturated heterocycles. The van der Waals surface area contributed by atoms with Crippen LogP contribution >= 0.6 is 15.9 Å². The second-order valence-corrected chi connectivity index (χ2v) is 5.68. The lowest BCUT2D eigenvalue weighted by Crippen LogP contribution is -1.97. The highest BCUT2D eigenvalue weighted by Crippen LogP contribution is 2.19. The van der Waals surface area contributed by atoms with Gasteiger partial charge in [0.2, 0.25) is 0 Å². The van der Waals surface area contributed by atoms with Crippen LogP contribution in [0.15, 0.2) is 57.0 Å². The monoisotopic (exact) mass is 326 g/mol. The molecule has 1 aromatic heterocycles. The quantitative estimate of drug-likeness (QED) is 0.642. The average molecular weight is 327 g/mol. The van der Waals surface area contributed by atoms with E-state index in [1.807, 2.05) is 0 Å². The first-order valence-corrected chi connectivity index (χ1v) is 6.80. The van der Waals surface area contributed by atoms with Crippen molar-refractivity contribution >= 4 is 32.4 Å². The van der Waals surface area contributed by atoms with Gasteiger partial charge in [0.1, 0.15) is 22.0 Å². The van der Waals surface area contributed by atoms with Crippen molar-refractivity contribution < 1.29 is 9.13 Å². The summed E-state index contributed by atoms with van der Waals surface area (Å²) in [6.45, 7) is 0. The van der Waals surface area contributed by atoms with Crippen molar-refractivity contribution in [1.29, 1.82) is 0 Å². The number of halogens is 1. The van der Waals surface area contributed by atoms with Crippen LogP contribution in [0.2, 0.25) is 0 Å². The van der Waals surface area contributed by atoms with E-state index in [0.29, 0.717) is 9.92 Å². The van der Waals surface area contributed by atoms with E-state index in [0.717, 1.165) is 10.7 Å². The standard InChI is InChI=1S/C11H7BrN2O3S/c12-8-1-4-10(5-2-8)18(17)11-6-3-9(7-13-11)14(15)16/h1-7H. The fourth-order valence-corrected chi connectivity index (χ4v) is 2.50. The maximum atomic E-state index is 12.1. The summed E-state index contributed by atoms with van der Waals surface area (Å²) in [5.74, 6) is 0. The van der Waals surface area contributed by atoms with E-state index in [9.17, 15) is 14.3 Å². The Morgan fingerprint density at radius 2 is 1.83 bits per heavy atom. The topological polar surface area (TPSA) is 73.1 Å². The first-order chi connectivity index (χ1) is 8.58. The lowest BCUT2D eigenvalue weighted by molar-refractivity contribution is -0.385. The van der Waals surface area contributed by atoms with Crippen molar-refractivity contribution in [2.24, 2.45) is 0 Å². The molecule has 0 amide bonds. The van der Waals surface area contributed by atoms with Gasteiger partial charge in [-0.15, -0.1) is 0 Å². The van der Waals surface area contributed by atoms with Gasteiger partial charge in [0, 0.05) is 15.4 Å². The average Bonchev–Trinajstić information content (AvgIpc) is 2.39. The number of benzene rings is 1. The van der Waals surface area contributed by atoms with Crippen molar-refractivity contribution in [3.63, 3.8) is 0 Å². The van der Waals surface area contributed by atoms with E-state index in [1.165, 1.54) is 12.1 Å². The first kappa shape index (κ1) is 12.8. The van der Waals surface area contributed by atoms with Crippen LogP contribution in [-0.2, 0) is 10.8 Å². The summed E-state index contributed by atoms with van der Waals surface area (Å²) in [5, 5.41) is 10.8. The van der Waals surface area contributed by atoms with Gasteiger partial charge in [-0.05, 0) is 30.3 Å². The highest BCUT2D eigenvalue weighted by atomic mass is 79.9. The van der Waals surface area contributed by atoms with Gasteiger partial charge in [-0.1, -0.05) is 15.9 Å². The predicted octanol–water partition coefficient (Wildman–Crippen LogP) is 2.92. The number of hydrogen-bond donors (Lipinski definition) is 0. The SMILES string of the molecule is O=[N+]([O-])c1ccc(S(=O)c2ccc(Br)cc2)nc1. The van der Waals surface area contributed by atoms with E-state index in [4.69, 9.17) is 0 Å². The molecule has 2 aromatic rings. The summed E-state index contributed by atoms with van der Waals surface area (Å²) >= 11 is 3.29. The minimum Gasteiger partial charge on any atom is -0.258 e. The van der Waals surface area contributed by atoms with Crippen LogP contribution in [-0.4, -0.2) is 14.1 Å². The zero-order valence-electron chi connectivity index (χ0n) is 8.95. The predicted molar refractivity (Wildman–Crippen MR) is 69.7 cm³/mol. The molecule has 0 aliphatic carbocycles. The van der Waals surface area contributed by atoms with Gasteiger partial charge in [0.15, 0.2) is 0 Å². The Kier molecular flexibility index (Phi) is 3.83. The lowest BCUT2D eigenvalue weighted by Gasteiger charge is -2.01. The number of hydrogen-bond acceptors (Lipinski definition) is 4. The normalized spacial score (nSPS) is 12.1. The van der Waals surface area contributed by atoms with Crippen molar-refractivity contribution in [3.8, 4) is 0 Å². The summed E-state index contributed by atoms with van der Waals surface area (Å²) in [4.78, 5) is 14.4. The molecule has 1 atom stereocenters. The molecular weight excluding hydrogens is 320 g/mol. The van der Waals surface area contributed by atoms with Crippen molar-refractivity contribution in [1.82, 2.24) is 4.98 Å². The number of aromatic nitrogens is 1. The summed E-state index contributed by atoms with van der Waals surface area (Å²) in [5.41, 5.74) is -0.119. The maximum Gasteiger partial charge on any atom is 0.287 e. The van der Waals surface area contributed by atoms with Gasteiger partial charge in [0.05, 0.1) is 4.92 Å². The van der Waals surface area contributed by atoms with Crippen LogP contribution in [0.5, 0.6) is 0 Å². The fraction of sp³-hybridized carbons (Fsp3) is 0. The van der Waals surface area contributed by atoms with Gasteiger partial charge in [-0.25, -0.2) is 9.19 Å². The number of rotatable bonds is 3. The third-order valence-corrected chi connectivity index (χ3v) is 4.00. The molecule has 0 aliphatic heterocycles. The third-order valence-electron chi connectivity index (χ3n) is 2.15. The van der Waals surface area contributed by atoms with Gasteiger partial charge in [-0.3, -0.25) is 10.1 Å². The molecule has 7 heteroatoms. The number of nitrogens with zero attached hydrogens (tertiary/aromatic N) is 2. The van der Waals surface area contributed by atoms with Crippen LogP contribution < -0.4 is 0 Å². The van der Waals surface area contributed by atoms with Crippen molar-refractivity contribution in [2.45, 2.75) is 9.92 Å². The second kappa shape index (κ2) is 5.36. The molecule has 92 valence electrons. The Bertz CT molecular complexity index is 599. The molecule has 5 nitrogen and oxygen atoms in total. The third kappa shape index (κ3) is 2.80. The molecule has 1 aromatic carbocycles. The van der Waals surface area contributed by atoms with Gasteiger partial charge in [-0.2, -0.15) is 0 Å². The Morgan fingerprint density at radius 3 is 2.33 bits per heavy atom. The van der Waals surface area contributed by atoms with E-state index in [2.05, 4.69) is 20.9 Å².